The van der Waals surface area contributed by atoms with Crippen LogP contribution in [0.5, 0.6) is 0 Å². The van der Waals surface area contributed by atoms with Gasteiger partial charge in [0, 0.05) is 6.04 Å². The molecule has 0 aromatic heterocycles. The molecule has 3 heteroatoms. The zero-order valence-electron chi connectivity index (χ0n) is 7.50. The van der Waals surface area contributed by atoms with Crippen LogP contribution < -0.4 is 0 Å². The monoisotopic (exact) mass is 160 g/mol. The van der Waals surface area contributed by atoms with Crippen molar-refractivity contribution in [1.29, 1.82) is 0 Å². The molecule has 1 rings (SSSR count). The maximum absolute atomic E-state index is 7.48. The molecule has 1 aliphatic rings. The first-order chi connectivity index (χ1) is 5.09. The van der Waals surface area contributed by atoms with Gasteiger partial charge < -0.3 is 14.7 Å². The average Bonchev–Trinajstić information content (AvgIpc) is 1.85. The summed E-state index contributed by atoms with van der Waals surface area (Å²) >= 11 is 0. The summed E-state index contributed by atoms with van der Waals surface area (Å²) in [6.45, 7) is 2.04. The molecule has 0 unspecified atom stereocenters. The number of hydrogen-bond acceptors (Lipinski definition) is 2. The van der Waals surface area contributed by atoms with E-state index in [0.29, 0.717) is 6.04 Å². The largest absolute Gasteiger partial charge is 0.421 e. The van der Waals surface area contributed by atoms with E-state index in [2.05, 4.69) is 19.0 Å². The fourth-order valence-corrected chi connectivity index (χ4v) is 1.54. The zero-order valence-corrected chi connectivity index (χ0v) is 7.50. The quantitative estimate of drug-likeness (QED) is 0.512. The predicted octanol–water partition coefficient (Wildman–Crippen LogP) is 0.166. The van der Waals surface area contributed by atoms with Crippen LogP contribution in [0.4, 0.5) is 0 Å². The van der Waals surface area contributed by atoms with E-state index in [4.69, 9.17) is 9.84 Å². The molecule has 0 aromatic rings. The summed E-state index contributed by atoms with van der Waals surface area (Å²) in [6.07, 6.45) is 1.84. The lowest BCUT2D eigenvalue weighted by Crippen LogP contribution is -2.41. The molecular weight excluding hydrogens is 142 g/mol. The van der Waals surface area contributed by atoms with Gasteiger partial charge in [-0.1, -0.05) is 0 Å². The predicted molar refractivity (Wildman–Crippen MR) is 44.7 cm³/mol. The lowest BCUT2D eigenvalue weighted by molar-refractivity contribution is -0.172. The van der Waals surface area contributed by atoms with Crippen LogP contribution in [0.1, 0.15) is 19.8 Å². The Kier molecular flexibility index (Phi) is 2.87. The van der Waals surface area contributed by atoms with Gasteiger partial charge in [-0.25, -0.2) is 0 Å². The van der Waals surface area contributed by atoms with Gasteiger partial charge in [-0.05, 0) is 27.4 Å². The summed E-state index contributed by atoms with van der Waals surface area (Å²) < 4.78 is 5.31. The van der Waals surface area contributed by atoms with Crippen LogP contribution in [0.15, 0.2) is 0 Å². The molecule has 66 valence electrons. The highest BCUT2D eigenvalue weighted by atomic mass is 16.6. The fourth-order valence-electron chi connectivity index (χ4n) is 1.54. The standard InChI is InChI=1S/C8H17NO2/c1-6-4-7(9(2)3)5-8(10)11-6/h6-8,10H,4-5H2,1-3H3/p+1/t6-,7+,8-/m1/s1. The third-order valence-electron chi connectivity index (χ3n) is 2.22. The number of rotatable bonds is 1. The van der Waals surface area contributed by atoms with Crippen molar-refractivity contribution in [2.75, 3.05) is 14.1 Å². The van der Waals surface area contributed by atoms with Gasteiger partial charge in [-0.3, -0.25) is 0 Å². The molecule has 0 amide bonds. The molecule has 0 aliphatic carbocycles. The van der Waals surface area contributed by atoms with Gasteiger partial charge in [0.1, 0.15) is 0 Å². The van der Waals surface area contributed by atoms with Crippen LogP contribution in [0.3, 0.4) is 0 Å². The summed E-state index contributed by atoms with van der Waals surface area (Å²) in [5, 5.41) is 7.48. The van der Waals surface area contributed by atoms with Gasteiger partial charge in [0.15, 0.2) is 0 Å². The Morgan fingerprint density at radius 2 is 2.00 bits per heavy atom. The van der Waals surface area contributed by atoms with Crippen molar-refractivity contribution in [1.82, 2.24) is 4.90 Å². The first-order valence-electron chi connectivity index (χ1n) is 4.12. The Morgan fingerprint density at radius 3 is 2.45 bits per heavy atom. The smallest absolute Gasteiger partial charge is 0.265 e. The maximum atomic E-state index is 7.48. The number of ether oxygens (including phenoxy) is 1. The van der Waals surface area contributed by atoms with E-state index in [1.165, 1.54) is 0 Å². The van der Waals surface area contributed by atoms with Crippen LogP contribution in [0, 0.1) is 0 Å². The highest BCUT2D eigenvalue weighted by molar-refractivity contribution is 4.75. The van der Waals surface area contributed by atoms with E-state index < -0.39 is 0 Å². The number of nitrogens with zero attached hydrogens (tertiary/aromatic N) is 1. The molecule has 2 N–H and O–H groups in total. The molecule has 3 nitrogen and oxygen atoms in total. The Hall–Kier alpha value is -0.120. The van der Waals surface area contributed by atoms with Crippen molar-refractivity contribution in [3.8, 4) is 0 Å². The van der Waals surface area contributed by atoms with Crippen molar-refractivity contribution in [3.05, 3.63) is 0 Å². The molecule has 11 heavy (non-hydrogen) atoms. The molecule has 0 bridgehead atoms. The second-order valence-corrected chi connectivity index (χ2v) is 3.52. The molecular formula is C8H18NO2+. The van der Waals surface area contributed by atoms with Gasteiger partial charge in [-0.15, -0.1) is 0 Å². The Bertz CT molecular complexity index is 117. The highest BCUT2D eigenvalue weighted by Gasteiger charge is 2.29. The summed E-state index contributed by atoms with van der Waals surface area (Å²) in [6, 6.07) is 0.529. The lowest BCUT2D eigenvalue weighted by atomic mass is 10.0. The summed E-state index contributed by atoms with van der Waals surface area (Å²) in [5.74, 6) is 0. The van der Waals surface area contributed by atoms with Gasteiger partial charge in [0.05, 0.1) is 12.5 Å². The number of hydrogen-bond donors (Lipinski definition) is 0. The molecule has 1 fully saturated rings. The minimum absolute atomic E-state index is 0.249. The fraction of sp³-hybridized carbons (Fsp3) is 1.00. The van der Waals surface area contributed by atoms with Crippen molar-refractivity contribution >= 4 is 0 Å². The minimum Gasteiger partial charge on any atom is -0.421 e. The van der Waals surface area contributed by atoms with Crippen molar-refractivity contribution in [2.24, 2.45) is 0 Å². The van der Waals surface area contributed by atoms with E-state index in [1.807, 2.05) is 6.92 Å². The Labute approximate surface area is 68.0 Å². The third kappa shape index (κ3) is 2.43. The summed E-state index contributed by atoms with van der Waals surface area (Å²) in [5.41, 5.74) is 0. The second-order valence-electron chi connectivity index (χ2n) is 3.52. The SMILES string of the molecule is C[C@@H]1C[C@H](N(C)C)C[C@H]([OH2+])O1. The topological polar surface area (TPSA) is 35.4 Å². The first kappa shape index (κ1) is 8.97. The maximum Gasteiger partial charge on any atom is 0.265 e. The van der Waals surface area contributed by atoms with Gasteiger partial charge >= 0.3 is 0 Å². The van der Waals surface area contributed by atoms with Crippen LogP contribution in [-0.4, -0.2) is 42.5 Å². The molecule has 0 saturated carbocycles. The van der Waals surface area contributed by atoms with Crippen molar-refractivity contribution in [3.63, 3.8) is 0 Å². The van der Waals surface area contributed by atoms with Crippen molar-refractivity contribution < 1.29 is 9.84 Å². The zero-order chi connectivity index (χ0) is 8.43. The molecule has 1 aliphatic heterocycles. The van der Waals surface area contributed by atoms with Crippen molar-refractivity contribution in [2.45, 2.75) is 38.2 Å². The highest BCUT2D eigenvalue weighted by Crippen LogP contribution is 2.20. The Morgan fingerprint density at radius 1 is 1.36 bits per heavy atom. The van der Waals surface area contributed by atoms with Gasteiger partial charge in [-0.2, -0.15) is 0 Å². The summed E-state index contributed by atoms with van der Waals surface area (Å²) in [4.78, 5) is 2.18. The van der Waals surface area contributed by atoms with E-state index >= 15 is 0 Å². The normalized spacial score (nSPS) is 39.5. The van der Waals surface area contributed by atoms with E-state index in [0.717, 1.165) is 12.8 Å². The third-order valence-corrected chi connectivity index (χ3v) is 2.22. The van der Waals surface area contributed by atoms with E-state index in [-0.39, 0.29) is 12.4 Å². The molecule has 1 saturated heterocycles. The summed E-state index contributed by atoms with van der Waals surface area (Å²) in [7, 11) is 4.13. The molecule has 1 heterocycles. The lowest BCUT2D eigenvalue weighted by Gasteiger charge is -2.32. The second kappa shape index (κ2) is 3.52. The van der Waals surface area contributed by atoms with Crippen LogP contribution >= 0.6 is 0 Å². The molecule has 0 aromatic carbocycles. The van der Waals surface area contributed by atoms with Gasteiger partial charge in [0.2, 0.25) is 0 Å². The van der Waals surface area contributed by atoms with E-state index in [9.17, 15) is 0 Å². The molecule has 0 radical (unpaired) electrons. The average molecular weight is 160 g/mol. The molecule has 3 atom stereocenters. The van der Waals surface area contributed by atoms with Crippen LogP contribution in [0.25, 0.3) is 0 Å². The Balaban J connectivity index is 2.43. The first-order valence-corrected chi connectivity index (χ1v) is 4.12. The minimum atomic E-state index is -0.314. The molecule has 0 spiro atoms. The van der Waals surface area contributed by atoms with E-state index in [1.54, 1.807) is 0 Å². The van der Waals surface area contributed by atoms with Crippen LogP contribution in [0.2, 0.25) is 0 Å². The van der Waals surface area contributed by atoms with Crippen LogP contribution in [-0.2, 0) is 4.74 Å². The van der Waals surface area contributed by atoms with Gasteiger partial charge in [0.25, 0.3) is 6.29 Å².